The van der Waals surface area contributed by atoms with Gasteiger partial charge in [0.2, 0.25) is 11.8 Å². The Bertz CT molecular complexity index is 428. The number of carbonyl (C=O) groups is 1. The van der Waals surface area contributed by atoms with Gasteiger partial charge in [0.05, 0.1) is 5.54 Å². The van der Waals surface area contributed by atoms with Gasteiger partial charge in [-0.2, -0.15) is 0 Å². The average Bonchev–Trinajstić information content (AvgIpc) is 2.38. The average molecular weight is 249 g/mol. The molecule has 5 nitrogen and oxygen atoms in total. The van der Waals surface area contributed by atoms with Crippen LogP contribution in [0.3, 0.4) is 0 Å². The smallest absolute Gasteiger partial charge is 0.248 e. The summed E-state index contributed by atoms with van der Waals surface area (Å²) in [5, 5.41) is 0. The van der Waals surface area contributed by atoms with Crippen LogP contribution < -0.4 is 16.2 Å². The molecule has 1 aromatic heterocycles. The van der Waals surface area contributed by atoms with E-state index < -0.39 is 5.91 Å². The third-order valence-electron chi connectivity index (χ3n) is 3.38. The molecular weight excluding hydrogens is 230 g/mol. The third-order valence-corrected chi connectivity index (χ3v) is 3.38. The summed E-state index contributed by atoms with van der Waals surface area (Å²) < 4.78 is 5.60. The van der Waals surface area contributed by atoms with Gasteiger partial charge in [-0.25, -0.2) is 4.98 Å². The van der Waals surface area contributed by atoms with E-state index in [1.54, 1.807) is 12.1 Å². The SMILES string of the molecule is NC(=O)c1ccnc(OCC2(N)CCCCC2)c1. The normalized spacial score (nSPS) is 18.3. The van der Waals surface area contributed by atoms with Crippen molar-refractivity contribution in [1.82, 2.24) is 4.98 Å². The lowest BCUT2D eigenvalue weighted by Crippen LogP contribution is -2.47. The van der Waals surface area contributed by atoms with Crippen molar-refractivity contribution >= 4 is 5.91 Å². The van der Waals surface area contributed by atoms with Crippen molar-refractivity contribution in [3.05, 3.63) is 23.9 Å². The van der Waals surface area contributed by atoms with Crippen LogP contribution in [0.5, 0.6) is 5.88 Å². The molecule has 1 amide bonds. The van der Waals surface area contributed by atoms with Crippen molar-refractivity contribution in [3.63, 3.8) is 0 Å². The minimum absolute atomic E-state index is 0.261. The first-order chi connectivity index (χ1) is 8.59. The largest absolute Gasteiger partial charge is 0.476 e. The lowest BCUT2D eigenvalue weighted by molar-refractivity contribution is 0.0999. The molecule has 0 atom stereocenters. The Labute approximate surface area is 107 Å². The molecule has 1 aliphatic carbocycles. The molecule has 1 aromatic rings. The number of hydrogen-bond acceptors (Lipinski definition) is 4. The molecule has 0 radical (unpaired) electrons. The highest BCUT2D eigenvalue weighted by molar-refractivity contribution is 5.92. The zero-order valence-corrected chi connectivity index (χ0v) is 10.4. The van der Waals surface area contributed by atoms with Gasteiger partial charge in [-0.05, 0) is 18.9 Å². The Morgan fingerprint density at radius 1 is 1.39 bits per heavy atom. The van der Waals surface area contributed by atoms with Crippen molar-refractivity contribution < 1.29 is 9.53 Å². The van der Waals surface area contributed by atoms with E-state index in [-0.39, 0.29) is 5.54 Å². The molecule has 5 heteroatoms. The number of nitrogens with two attached hydrogens (primary N) is 2. The van der Waals surface area contributed by atoms with Crippen LogP contribution in [0.1, 0.15) is 42.5 Å². The number of primary amides is 1. The van der Waals surface area contributed by atoms with E-state index in [2.05, 4.69) is 4.98 Å². The van der Waals surface area contributed by atoms with Crippen LogP contribution in [0.25, 0.3) is 0 Å². The molecule has 18 heavy (non-hydrogen) atoms. The highest BCUT2D eigenvalue weighted by Crippen LogP contribution is 2.26. The number of pyridine rings is 1. The Morgan fingerprint density at radius 2 is 2.11 bits per heavy atom. The Morgan fingerprint density at radius 3 is 2.78 bits per heavy atom. The molecule has 2 rings (SSSR count). The van der Waals surface area contributed by atoms with Crippen molar-refractivity contribution in [2.45, 2.75) is 37.6 Å². The molecule has 0 bridgehead atoms. The number of ether oxygens (including phenoxy) is 1. The molecule has 1 aliphatic rings. The van der Waals surface area contributed by atoms with Crippen LogP contribution in [0, 0.1) is 0 Å². The quantitative estimate of drug-likeness (QED) is 0.839. The number of amides is 1. The summed E-state index contributed by atoms with van der Waals surface area (Å²) in [4.78, 5) is 15.1. The second-order valence-electron chi connectivity index (χ2n) is 4.96. The van der Waals surface area contributed by atoms with Gasteiger partial charge in [0.25, 0.3) is 0 Å². The Hall–Kier alpha value is -1.62. The van der Waals surface area contributed by atoms with Crippen LogP contribution >= 0.6 is 0 Å². The monoisotopic (exact) mass is 249 g/mol. The van der Waals surface area contributed by atoms with Gasteiger partial charge in [-0.3, -0.25) is 4.79 Å². The van der Waals surface area contributed by atoms with E-state index in [0.717, 1.165) is 25.7 Å². The maximum atomic E-state index is 11.0. The van der Waals surface area contributed by atoms with Gasteiger partial charge >= 0.3 is 0 Å². The minimum Gasteiger partial charge on any atom is -0.476 e. The van der Waals surface area contributed by atoms with Crippen molar-refractivity contribution in [2.24, 2.45) is 11.5 Å². The van der Waals surface area contributed by atoms with Crippen molar-refractivity contribution in [2.75, 3.05) is 6.61 Å². The molecular formula is C13H19N3O2. The fourth-order valence-corrected chi connectivity index (χ4v) is 2.26. The van der Waals surface area contributed by atoms with Gasteiger partial charge in [0, 0.05) is 17.8 Å². The highest BCUT2D eigenvalue weighted by Gasteiger charge is 2.28. The van der Waals surface area contributed by atoms with Crippen LogP contribution in [-0.2, 0) is 0 Å². The number of nitrogens with zero attached hydrogens (tertiary/aromatic N) is 1. The number of aromatic nitrogens is 1. The first kappa shape index (κ1) is 12.8. The van der Waals surface area contributed by atoms with Crippen LogP contribution in [0.15, 0.2) is 18.3 Å². The number of hydrogen-bond donors (Lipinski definition) is 2. The van der Waals surface area contributed by atoms with Gasteiger partial charge in [-0.1, -0.05) is 19.3 Å². The van der Waals surface area contributed by atoms with Crippen LogP contribution in [0.4, 0.5) is 0 Å². The summed E-state index contributed by atoms with van der Waals surface area (Å²) >= 11 is 0. The lowest BCUT2D eigenvalue weighted by atomic mass is 9.83. The summed E-state index contributed by atoms with van der Waals surface area (Å²) in [5.74, 6) is -0.0796. The predicted molar refractivity (Wildman–Crippen MR) is 68.3 cm³/mol. The fourth-order valence-electron chi connectivity index (χ4n) is 2.26. The van der Waals surface area contributed by atoms with Crippen molar-refractivity contribution in [1.29, 1.82) is 0 Å². The van der Waals surface area contributed by atoms with Gasteiger partial charge in [0.1, 0.15) is 6.61 Å². The first-order valence-electron chi connectivity index (χ1n) is 6.27. The molecule has 0 aromatic carbocycles. The van der Waals surface area contributed by atoms with E-state index in [4.69, 9.17) is 16.2 Å². The Balaban J connectivity index is 1.97. The third kappa shape index (κ3) is 3.20. The van der Waals surface area contributed by atoms with E-state index in [1.165, 1.54) is 12.6 Å². The molecule has 1 saturated carbocycles. The van der Waals surface area contributed by atoms with Crippen molar-refractivity contribution in [3.8, 4) is 5.88 Å². The second-order valence-corrected chi connectivity index (χ2v) is 4.96. The Kier molecular flexibility index (Phi) is 3.81. The number of carbonyl (C=O) groups excluding carboxylic acids is 1. The van der Waals surface area contributed by atoms with Gasteiger partial charge in [0.15, 0.2) is 0 Å². The van der Waals surface area contributed by atoms with E-state index in [9.17, 15) is 4.79 Å². The molecule has 0 saturated heterocycles. The second kappa shape index (κ2) is 5.35. The molecule has 98 valence electrons. The highest BCUT2D eigenvalue weighted by atomic mass is 16.5. The summed E-state index contributed by atoms with van der Waals surface area (Å²) in [5.41, 5.74) is 11.6. The molecule has 1 fully saturated rings. The summed E-state index contributed by atoms with van der Waals surface area (Å²) in [6.07, 6.45) is 7.00. The van der Waals surface area contributed by atoms with E-state index >= 15 is 0 Å². The maximum absolute atomic E-state index is 11.0. The summed E-state index contributed by atoms with van der Waals surface area (Å²) in [6.45, 7) is 0.433. The fraction of sp³-hybridized carbons (Fsp3) is 0.538. The zero-order chi connectivity index (χ0) is 13.0. The standard InChI is InChI=1S/C13H19N3O2/c14-12(17)10-4-7-16-11(8-10)18-9-13(15)5-2-1-3-6-13/h4,7-8H,1-3,5-6,9,15H2,(H2,14,17). The molecule has 0 spiro atoms. The maximum Gasteiger partial charge on any atom is 0.248 e. The molecule has 4 N–H and O–H groups in total. The van der Waals surface area contributed by atoms with Crippen LogP contribution in [-0.4, -0.2) is 23.0 Å². The predicted octanol–water partition coefficient (Wildman–Crippen LogP) is 1.22. The van der Waals surface area contributed by atoms with E-state index in [0.29, 0.717) is 18.1 Å². The summed E-state index contributed by atoms with van der Waals surface area (Å²) in [6, 6.07) is 3.11. The number of rotatable bonds is 4. The zero-order valence-electron chi connectivity index (χ0n) is 10.4. The molecule has 1 heterocycles. The molecule has 0 aliphatic heterocycles. The first-order valence-corrected chi connectivity index (χ1v) is 6.27. The lowest BCUT2D eigenvalue weighted by Gasteiger charge is -2.32. The van der Waals surface area contributed by atoms with Gasteiger partial charge < -0.3 is 16.2 Å². The van der Waals surface area contributed by atoms with Crippen LogP contribution in [0.2, 0.25) is 0 Å². The van der Waals surface area contributed by atoms with Gasteiger partial charge in [-0.15, -0.1) is 0 Å². The topological polar surface area (TPSA) is 91.2 Å². The molecule has 0 unspecified atom stereocenters. The van der Waals surface area contributed by atoms with E-state index in [1.807, 2.05) is 0 Å². The summed E-state index contributed by atoms with van der Waals surface area (Å²) in [7, 11) is 0. The minimum atomic E-state index is -0.484.